The number of aromatic nitrogens is 1. The maximum Gasteiger partial charge on any atom is 0.311 e. The van der Waals surface area contributed by atoms with E-state index in [0.717, 1.165) is 25.9 Å². The molecule has 4 unspecified atom stereocenters. The number of H-pyrrole nitrogens is 1. The third-order valence-electron chi connectivity index (χ3n) is 7.58. The van der Waals surface area contributed by atoms with Gasteiger partial charge in [0.2, 0.25) is 0 Å². The maximum absolute atomic E-state index is 12.5. The molecule has 0 amide bonds. The second-order valence-corrected chi connectivity index (χ2v) is 8.75. The Labute approximate surface area is 160 Å². The second-order valence-electron chi connectivity index (χ2n) is 8.75. The molecule has 0 spiro atoms. The molecule has 3 aliphatic heterocycles. The summed E-state index contributed by atoms with van der Waals surface area (Å²) in [4.78, 5) is 18.8. The van der Waals surface area contributed by atoms with Crippen molar-refractivity contribution in [3.05, 3.63) is 35.5 Å². The summed E-state index contributed by atoms with van der Waals surface area (Å²) >= 11 is 0. The molecule has 2 fully saturated rings. The number of para-hydroxylation sites is 1. The van der Waals surface area contributed by atoms with Crippen LogP contribution in [-0.4, -0.2) is 48.8 Å². The highest BCUT2D eigenvalue weighted by atomic mass is 16.5. The topological polar surface area (TPSA) is 54.6 Å². The lowest BCUT2D eigenvalue weighted by Gasteiger charge is -2.57. The lowest BCUT2D eigenvalue weighted by molar-refractivity contribution is -0.193. The van der Waals surface area contributed by atoms with E-state index in [2.05, 4.69) is 48.0 Å². The van der Waals surface area contributed by atoms with E-state index in [4.69, 9.17) is 9.47 Å². The Hall–Kier alpha value is -1.85. The molecule has 0 radical (unpaired) electrons. The molecule has 5 heteroatoms. The Kier molecular flexibility index (Phi) is 3.89. The number of nitrogens with zero attached hydrogens (tertiary/aromatic N) is 1. The number of piperidine rings is 1. The molecule has 144 valence electrons. The first-order chi connectivity index (χ1) is 13.0. The Morgan fingerprint density at radius 2 is 2.19 bits per heavy atom. The predicted molar refractivity (Wildman–Crippen MR) is 103 cm³/mol. The number of methoxy groups -OCH3 is 1. The Morgan fingerprint density at radius 3 is 3.00 bits per heavy atom. The minimum atomic E-state index is -0.173. The normalized spacial score (nSPS) is 36.0. The van der Waals surface area contributed by atoms with Crippen molar-refractivity contribution in [1.29, 1.82) is 0 Å². The van der Waals surface area contributed by atoms with Gasteiger partial charge in [-0.2, -0.15) is 0 Å². The van der Waals surface area contributed by atoms with Crippen LogP contribution in [0.25, 0.3) is 10.9 Å². The average Bonchev–Trinajstić information content (AvgIpc) is 3.06. The minimum absolute atomic E-state index is 0.0306. The van der Waals surface area contributed by atoms with Gasteiger partial charge in [0.15, 0.2) is 0 Å². The van der Waals surface area contributed by atoms with E-state index in [0.29, 0.717) is 12.6 Å². The van der Waals surface area contributed by atoms with Crippen molar-refractivity contribution in [2.75, 3.05) is 26.8 Å². The quantitative estimate of drug-likeness (QED) is 0.785. The highest BCUT2D eigenvalue weighted by molar-refractivity contribution is 5.85. The van der Waals surface area contributed by atoms with E-state index in [-0.39, 0.29) is 29.3 Å². The molecule has 5 nitrogen and oxygen atoms in total. The largest absolute Gasteiger partial charge is 0.469 e. The van der Waals surface area contributed by atoms with E-state index in [1.54, 1.807) is 0 Å². The molecule has 0 bridgehead atoms. The summed E-state index contributed by atoms with van der Waals surface area (Å²) in [6.07, 6.45) is 2.20. The summed E-state index contributed by atoms with van der Waals surface area (Å²) < 4.78 is 11.2. The Balaban J connectivity index is 1.56. The van der Waals surface area contributed by atoms with Crippen molar-refractivity contribution < 1.29 is 14.3 Å². The summed E-state index contributed by atoms with van der Waals surface area (Å²) in [5.74, 6) is -0.0281. The van der Waals surface area contributed by atoms with Gasteiger partial charge < -0.3 is 14.5 Å². The van der Waals surface area contributed by atoms with Crippen LogP contribution in [0, 0.1) is 17.3 Å². The fraction of sp³-hybridized carbons (Fsp3) is 0.591. The van der Waals surface area contributed by atoms with Crippen LogP contribution in [-0.2, 0) is 20.7 Å². The molecule has 5 atom stereocenters. The Morgan fingerprint density at radius 1 is 1.37 bits per heavy atom. The molecule has 3 aliphatic rings. The van der Waals surface area contributed by atoms with Gasteiger partial charge in [-0.3, -0.25) is 9.69 Å². The second kappa shape index (κ2) is 6.08. The summed E-state index contributed by atoms with van der Waals surface area (Å²) in [5, 5.41) is 1.35. The number of ether oxygens (including phenoxy) is 2. The smallest absolute Gasteiger partial charge is 0.311 e. The summed E-state index contributed by atoms with van der Waals surface area (Å²) in [6.45, 7) is 6.97. The average molecular weight is 368 g/mol. The van der Waals surface area contributed by atoms with E-state index < -0.39 is 0 Å². The molecule has 5 rings (SSSR count). The third kappa shape index (κ3) is 2.41. The summed E-state index contributed by atoms with van der Waals surface area (Å²) in [5.41, 5.74) is 4.01. The van der Waals surface area contributed by atoms with Gasteiger partial charge in [0.25, 0.3) is 0 Å². The fourth-order valence-electron chi connectivity index (χ4n) is 5.88. The van der Waals surface area contributed by atoms with Crippen molar-refractivity contribution in [3.8, 4) is 0 Å². The number of carbonyl (C=O) groups is 1. The van der Waals surface area contributed by atoms with E-state index in [1.807, 2.05) is 0 Å². The van der Waals surface area contributed by atoms with Crippen LogP contribution in [0.5, 0.6) is 0 Å². The highest BCUT2D eigenvalue weighted by Gasteiger charge is 2.56. The zero-order valence-electron chi connectivity index (χ0n) is 16.3. The molecule has 0 aliphatic carbocycles. The minimum Gasteiger partial charge on any atom is -0.469 e. The van der Waals surface area contributed by atoms with Gasteiger partial charge in [0.05, 0.1) is 31.8 Å². The molecule has 1 N–H and O–H groups in total. The Bertz CT molecular complexity index is 891. The van der Waals surface area contributed by atoms with E-state index >= 15 is 0 Å². The molecule has 1 aromatic heterocycles. The number of rotatable bonds is 1. The van der Waals surface area contributed by atoms with Gasteiger partial charge in [-0.25, -0.2) is 0 Å². The van der Waals surface area contributed by atoms with Crippen LogP contribution in [0.15, 0.2) is 24.3 Å². The number of benzene rings is 1. The first-order valence-electron chi connectivity index (χ1n) is 10.1. The maximum atomic E-state index is 12.5. The van der Waals surface area contributed by atoms with Gasteiger partial charge >= 0.3 is 5.97 Å². The summed E-state index contributed by atoms with van der Waals surface area (Å²) in [6, 6.07) is 8.94. The number of fused-ring (bicyclic) bond motifs is 6. The number of hydrogen-bond acceptors (Lipinski definition) is 4. The number of carbonyl (C=O) groups excluding carboxylic acids is 1. The monoisotopic (exact) mass is 368 g/mol. The van der Waals surface area contributed by atoms with Gasteiger partial charge in [0, 0.05) is 35.1 Å². The van der Waals surface area contributed by atoms with Crippen molar-refractivity contribution in [1.82, 2.24) is 9.88 Å². The van der Waals surface area contributed by atoms with Gasteiger partial charge in [0.1, 0.15) is 0 Å². The molecular weight excluding hydrogens is 340 g/mol. The lowest BCUT2D eigenvalue weighted by atomic mass is 9.60. The molecule has 0 saturated carbocycles. The van der Waals surface area contributed by atoms with Gasteiger partial charge in [-0.1, -0.05) is 25.1 Å². The van der Waals surface area contributed by atoms with Crippen LogP contribution in [0.4, 0.5) is 0 Å². The van der Waals surface area contributed by atoms with Gasteiger partial charge in [-0.05, 0) is 37.3 Å². The molecule has 4 heterocycles. The first-order valence-corrected chi connectivity index (χ1v) is 10.1. The van der Waals surface area contributed by atoms with Crippen molar-refractivity contribution >= 4 is 16.9 Å². The highest BCUT2D eigenvalue weighted by Crippen LogP contribution is 2.53. The molecule has 1 aromatic carbocycles. The number of hydrogen-bond donors (Lipinski definition) is 1. The van der Waals surface area contributed by atoms with E-state index in [1.165, 1.54) is 29.3 Å². The number of nitrogens with one attached hydrogen (secondary N) is 1. The molecular formula is C22H28N2O3. The molecule has 2 saturated heterocycles. The number of aromatic amines is 1. The van der Waals surface area contributed by atoms with Crippen molar-refractivity contribution in [2.24, 2.45) is 17.3 Å². The van der Waals surface area contributed by atoms with Crippen LogP contribution in [0.1, 0.15) is 37.6 Å². The standard InChI is InChI=1S/C22H28N2O3/c1-13-22(2)12-24-9-8-15-14-6-4-5-7-18(14)23-20(15)19(24)10-17(22)16(11-27-13)21(25)26-3/h4-7,13,16-17,19,23H,8-12H2,1-3H3/t13?,16-,17?,19?,22?/m1/s1. The third-order valence-corrected chi connectivity index (χ3v) is 7.58. The SMILES string of the molecule is COC(=O)[C@@H]1COC(C)C2(C)CN3CCc4c([nH]c5ccccc45)C3CC12. The summed E-state index contributed by atoms with van der Waals surface area (Å²) in [7, 11) is 1.49. The fourth-order valence-corrected chi connectivity index (χ4v) is 5.88. The molecule has 27 heavy (non-hydrogen) atoms. The van der Waals surface area contributed by atoms with Gasteiger partial charge in [-0.15, -0.1) is 0 Å². The zero-order valence-corrected chi connectivity index (χ0v) is 16.3. The van der Waals surface area contributed by atoms with Crippen molar-refractivity contribution in [2.45, 2.75) is 38.8 Å². The molecule has 2 aromatic rings. The van der Waals surface area contributed by atoms with Crippen molar-refractivity contribution in [3.63, 3.8) is 0 Å². The zero-order chi connectivity index (χ0) is 18.8. The van der Waals surface area contributed by atoms with Crippen LogP contribution in [0.3, 0.4) is 0 Å². The van der Waals surface area contributed by atoms with E-state index in [9.17, 15) is 4.79 Å². The van der Waals surface area contributed by atoms with Crippen LogP contribution < -0.4 is 0 Å². The van der Waals surface area contributed by atoms with Crippen LogP contribution in [0.2, 0.25) is 0 Å². The van der Waals surface area contributed by atoms with Crippen LogP contribution >= 0.6 is 0 Å². The predicted octanol–water partition coefficient (Wildman–Crippen LogP) is 3.30. The number of esters is 1. The first kappa shape index (κ1) is 17.3. The lowest BCUT2D eigenvalue weighted by Crippen LogP contribution is -2.61.